The van der Waals surface area contributed by atoms with E-state index in [-0.39, 0.29) is 40.8 Å². The van der Waals surface area contributed by atoms with Crippen LogP contribution in [0.1, 0.15) is 110 Å². The molecule has 1 aliphatic carbocycles. The van der Waals surface area contributed by atoms with Crippen molar-refractivity contribution in [3.63, 3.8) is 0 Å². The molecule has 2 atom stereocenters. The molecule has 216 valence electrons. The molecule has 0 aliphatic heterocycles. The summed E-state index contributed by atoms with van der Waals surface area (Å²) < 4.78 is 32.0. The van der Waals surface area contributed by atoms with Gasteiger partial charge in [0.15, 0.2) is 0 Å². The summed E-state index contributed by atoms with van der Waals surface area (Å²) in [6, 6.07) is 2.77. The summed E-state index contributed by atoms with van der Waals surface area (Å²) in [5.41, 5.74) is 3.44. The molecular formula is C28H47F2N3O3PSb. The molecule has 2 unspecified atom stereocenters. The molecule has 1 aromatic heterocycles. The van der Waals surface area contributed by atoms with Crippen LogP contribution in [0, 0.1) is 17.8 Å². The summed E-state index contributed by atoms with van der Waals surface area (Å²) >= 11 is 1.75. The molecule has 1 aliphatic rings. The zero-order valence-corrected chi connectivity index (χ0v) is 28.2. The number of nitrogens with zero attached hydrogens (tertiary/aromatic N) is 2. The molecule has 1 fully saturated rings. The molecule has 1 saturated carbocycles. The van der Waals surface area contributed by atoms with Crippen LogP contribution < -0.4 is 5.73 Å². The number of ether oxygens (including phenoxy) is 1. The van der Waals surface area contributed by atoms with Gasteiger partial charge in [0.1, 0.15) is 17.1 Å². The van der Waals surface area contributed by atoms with Gasteiger partial charge in [0.2, 0.25) is 0 Å². The first kappa shape index (κ1) is 36.9. The van der Waals surface area contributed by atoms with Crippen molar-refractivity contribution in [2.75, 3.05) is 0 Å². The van der Waals surface area contributed by atoms with Crippen LogP contribution in [0.3, 0.4) is 0 Å². The molecule has 0 bridgehead atoms. The van der Waals surface area contributed by atoms with Gasteiger partial charge in [-0.05, 0) is 70.4 Å². The molecule has 1 amide bonds. The first-order chi connectivity index (χ1) is 17.4. The van der Waals surface area contributed by atoms with Gasteiger partial charge in [0.05, 0.1) is 5.69 Å². The van der Waals surface area contributed by atoms with Gasteiger partial charge in [-0.3, -0.25) is 14.6 Å². The molecular weight excluding hydrogens is 617 g/mol. The van der Waals surface area contributed by atoms with E-state index in [1.807, 2.05) is 20.8 Å². The fourth-order valence-electron chi connectivity index (χ4n) is 3.69. The molecule has 1 heterocycles. The van der Waals surface area contributed by atoms with Crippen LogP contribution in [-0.2, 0) is 20.0 Å². The van der Waals surface area contributed by atoms with Crippen LogP contribution in [0.4, 0.5) is 8.78 Å². The number of amides is 1. The first-order valence-corrected chi connectivity index (χ1v) is 16.2. The van der Waals surface area contributed by atoms with Crippen molar-refractivity contribution in [2.24, 2.45) is 28.5 Å². The molecule has 2 rings (SSSR count). The zero-order valence-electron chi connectivity index (χ0n) is 24.5. The molecule has 2 radical (unpaired) electrons. The summed E-state index contributed by atoms with van der Waals surface area (Å²) in [7, 11) is 1.51. The van der Waals surface area contributed by atoms with E-state index in [2.05, 4.69) is 42.5 Å². The Morgan fingerprint density at radius 1 is 1.13 bits per heavy atom. The number of rotatable bonds is 9. The molecule has 1 aromatic rings. The standard InChI is InChI=1S/C21H32F2N3OP.C6H12O2.CH3.Sb/c1-12(2)5-6-15(11-13(3)4)20(27)26-19(24)16-9-10-17(21(22,23)28)25-18(16)14-7-8-14;1-5(7)8-6(2,3)4;;/h9-10,12-15H,5-8,11,28H2,1-4H3,(H2,24,26,27);1-4H3;1H3;. The van der Waals surface area contributed by atoms with Gasteiger partial charge in [-0.1, -0.05) is 43.4 Å². The normalized spacial score (nSPS) is 14.8. The monoisotopic (exact) mass is 663 g/mol. The van der Waals surface area contributed by atoms with E-state index in [1.165, 1.54) is 28.3 Å². The summed E-state index contributed by atoms with van der Waals surface area (Å²) in [6.45, 7) is 15.4. The zero-order chi connectivity index (χ0) is 29.8. The molecule has 2 N–H and O–H groups in total. The Balaban J connectivity index is 0.00000117. The fraction of sp³-hybridized carbons (Fsp3) is 0.714. The van der Waals surface area contributed by atoms with Crippen LogP contribution in [-0.4, -0.2) is 51.3 Å². The van der Waals surface area contributed by atoms with Crippen molar-refractivity contribution >= 4 is 50.0 Å². The first-order valence-electron chi connectivity index (χ1n) is 13.1. The second-order valence-corrected chi connectivity index (χ2v) is 12.1. The van der Waals surface area contributed by atoms with Gasteiger partial charge in [0, 0.05) is 24.3 Å². The van der Waals surface area contributed by atoms with E-state index in [4.69, 9.17) is 10.5 Å². The van der Waals surface area contributed by atoms with Crippen LogP contribution in [0.2, 0.25) is 4.87 Å². The minimum atomic E-state index is -3.09. The topological polar surface area (TPSA) is 94.6 Å². The number of hydrogen-bond acceptors (Lipinski definition) is 4. The number of carbonyl (C=O) groups excluding carboxylic acids is 2. The molecule has 0 saturated heterocycles. The molecule has 0 spiro atoms. The Bertz CT molecular complexity index is 925. The Morgan fingerprint density at radius 3 is 2.05 bits per heavy atom. The van der Waals surface area contributed by atoms with Crippen molar-refractivity contribution in [3.05, 3.63) is 29.1 Å². The van der Waals surface area contributed by atoms with Gasteiger partial charge in [0.25, 0.3) is 11.6 Å². The summed E-state index contributed by atoms with van der Waals surface area (Å²) in [4.78, 5) is 33.4. The maximum absolute atomic E-state index is 13.6. The molecule has 0 aromatic carbocycles. The maximum atomic E-state index is 13.6. The van der Waals surface area contributed by atoms with Gasteiger partial charge < -0.3 is 10.5 Å². The predicted molar refractivity (Wildman–Crippen MR) is 156 cm³/mol. The van der Waals surface area contributed by atoms with Gasteiger partial charge >= 0.3 is 33.9 Å². The number of esters is 1. The fourth-order valence-corrected chi connectivity index (χ4v) is 3.85. The number of alkyl halides is 2. The third-order valence-electron chi connectivity index (χ3n) is 5.38. The third kappa shape index (κ3) is 15.5. The number of carbonyl (C=O) groups is 2. The third-order valence-corrected chi connectivity index (χ3v) is 5.68. The van der Waals surface area contributed by atoms with Crippen molar-refractivity contribution in [1.29, 1.82) is 0 Å². The number of nitrogens with two attached hydrogens (primary N) is 1. The van der Waals surface area contributed by atoms with Crippen molar-refractivity contribution in [3.8, 4) is 0 Å². The predicted octanol–water partition coefficient (Wildman–Crippen LogP) is 6.76. The Labute approximate surface area is 244 Å². The van der Waals surface area contributed by atoms with Gasteiger partial charge in [-0.15, -0.1) is 0 Å². The molecule has 10 heteroatoms. The van der Waals surface area contributed by atoms with Crippen LogP contribution >= 0.6 is 9.24 Å². The second kappa shape index (κ2) is 16.9. The quantitative estimate of drug-likeness (QED) is 0.104. The van der Waals surface area contributed by atoms with E-state index < -0.39 is 5.66 Å². The average molecular weight is 664 g/mol. The van der Waals surface area contributed by atoms with Crippen LogP contribution in [0.5, 0.6) is 0 Å². The molecule has 6 nitrogen and oxygen atoms in total. The Hall–Kier alpha value is -1.13. The van der Waals surface area contributed by atoms with Crippen LogP contribution in [0.15, 0.2) is 17.1 Å². The van der Waals surface area contributed by atoms with Gasteiger partial charge in [-0.25, -0.2) is 0 Å². The van der Waals surface area contributed by atoms with Crippen molar-refractivity contribution in [2.45, 2.75) is 110 Å². The number of amidine groups is 1. The SMILES string of the molecule is CC(=O)OC(C)(C)C.CC(C)CCC(CC(C)C)C(=O)N=C(N)c1ccc(C(F)(F)P)nc1C1CC1.[CH3][Sb]. The second-order valence-electron chi connectivity index (χ2n) is 11.4. The van der Waals surface area contributed by atoms with Crippen LogP contribution in [0.25, 0.3) is 0 Å². The number of pyridine rings is 1. The average Bonchev–Trinajstić information content (AvgIpc) is 3.60. The number of halogens is 2. The van der Waals surface area contributed by atoms with Crippen molar-refractivity contribution < 1.29 is 23.1 Å². The summed E-state index contributed by atoms with van der Waals surface area (Å²) in [5, 5.41) is 0. The number of aromatic nitrogens is 1. The van der Waals surface area contributed by atoms with E-state index in [9.17, 15) is 18.4 Å². The number of aliphatic imine (C=N–C) groups is 1. The number of hydrogen-bond donors (Lipinski definition) is 1. The summed E-state index contributed by atoms with van der Waals surface area (Å²) in [6.07, 6.45) is 4.26. The van der Waals surface area contributed by atoms with E-state index >= 15 is 0 Å². The van der Waals surface area contributed by atoms with E-state index in [0.717, 1.165) is 32.1 Å². The van der Waals surface area contributed by atoms with E-state index in [1.54, 1.807) is 23.0 Å². The molecule has 38 heavy (non-hydrogen) atoms. The Morgan fingerprint density at radius 2 is 1.68 bits per heavy atom. The Kier molecular flexibility index (Phi) is 16.4. The van der Waals surface area contributed by atoms with Gasteiger partial charge in [-0.2, -0.15) is 13.8 Å². The van der Waals surface area contributed by atoms with E-state index in [0.29, 0.717) is 23.1 Å². The summed E-state index contributed by atoms with van der Waals surface area (Å²) in [5.74, 6) is 0.454. The van der Waals surface area contributed by atoms with Crippen molar-refractivity contribution in [1.82, 2.24) is 4.98 Å². The minimum absolute atomic E-state index is 0.0799.